The second-order valence-electron chi connectivity index (χ2n) is 11.8. The molecule has 3 fully saturated rings. The van der Waals surface area contributed by atoms with Crippen LogP contribution in [0.1, 0.15) is 33.1 Å². The minimum Gasteiger partial charge on any atom is -0.394 e. The molecule has 0 aromatic heterocycles. The Balaban J connectivity index is 1.88. The highest BCUT2D eigenvalue weighted by atomic mass is 16.7. The third-order valence-electron chi connectivity index (χ3n) is 8.93. The maximum Gasteiger partial charge on any atom is 0.169 e. The molecule has 17 atom stereocenters. The van der Waals surface area contributed by atoms with E-state index in [4.69, 9.17) is 45.0 Å². The van der Waals surface area contributed by atoms with E-state index in [1.165, 1.54) is 0 Å². The Bertz CT molecular complexity index is 1410. The fourth-order valence-corrected chi connectivity index (χ4v) is 6.25. The van der Waals surface area contributed by atoms with E-state index in [-0.39, 0.29) is 6.42 Å². The molecule has 0 amide bonds. The quantitative estimate of drug-likeness (QED) is 0.0495. The maximum absolute atomic E-state index is 11.0. The summed E-state index contributed by atoms with van der Waals surface area (Å²) in [7, 11) is 0. The van der Waals surface area contributed by atoms with E-state index < -0.39 is 124 Å². The molecule has 0 bridgehead atoms. The van der Waals surface area contributed by atoms with Gasteiger partial charge in [-0.15, -0.1) is 0 Å². The molecule has 6 N–H and O–H groups in total. The molecule has 3 aliphatic rings. The first kappa shape index (κ1) is 42.5. The number of hydrogen-bond donors (Lipinski definition) is 6. The number of azide groups is 5. The third kappa shape index (κ3) is 9.93. The van der Waals surface area contributed by atoms with Crippen molar-refractivity contribution in [3.8, 4) is 0 Å². The third-order valence-corrected chi connectivity index (χ3v) is 8.93. The molecule has 0 aromatic carbocycles. The topological polar surface area (TPSA) is 421 Å². The van der Waals surface area contributed by atoms with E-state index in [9.17, 15) is 41.7 Å². The molecule has 0 spiro atoms. The van der Waals surface area contributed by atoms with Crippen molar-refractivity contribution in [3.63, 3.8) is 0 Å². The summed E-state index contributed by atoms with van der Waals surface area (Å²) < 4.78 is 34.7. The summed E-state index contributed by atoms with van der Waals surface area (Å²) in [4.78, 5) is 13.7. The number of ether oxygens (including phenoxy) is 6. The summed E-state index contributed by atoms with van der Waals surface area (Å²) in [5.41, 5.74) is 45.7. The highest BCUT2D eigenvalue weighted by Gasteiger charge is 2.52. The lowest BCUT2D eigenvalue weighted by Crippen LogP contribution is -2.63. The minimum atomic E-state index is -1.83. The largest absolute Gasteiger partial charge is 0.394 e. The van der Waals surface area contributed by atoms with Crippen LogP contribution in [0, 0.1) is 0 Å². The lowest BCUT2D eigenvalue weighted by Gasteiger charge is -2.46. The van der Waals surface area contributed by atoms with Crippen molar-refractivity contribution in [2.75, 3.05) is 20.0 Å². The number of rotatable bonds is 18. The molecule has 0 radical (unpaired) electrons. The zero-order valence-electron chi connectivity index (χ0n) is 27.9. The second kappa shape index (κ2) is 20.9. The summed E-state index contributed by atoms with van der Waals surface area (Å²) in [6.07, 6.45) is -17.7. The number of aliphatic hydroxyl groups is 6. The lowest BCUT2D eigenvalue weighted by molar-refractivity contribution is -0.316. The van der Waals surface area contributed by atoms with Crippen LogP contribution in [-0.4, -0.2) is 154 Å². The van der Waals surface area contributed by atoms with Gasteiger partial charge in [-0.1, -0.05) is 39.4 Å². The van der Waals surface area contributed by atoms with Crippen LogP contribution < -0.4 is 0 Å². The Kier molecular flexibility index (Phi) is 17.1. The van der Waals surface area contributed by atoms with Crippen molar-refractivity contribution in [3.05, 3.63) is 52.2 Å². The van der Waals surface area contributed by atoms with E-state index in [2.05, 4.69) is 50.1 Å². The predicted octanol–water partition coefficient (Wildman–Crippen LogP) is 0.981. The van der Waals surface area contributed by atoms with Crippen LogP contribution in [0.3, 0.4) is 0 Å². The summed E-state index contributed by atoms with van der Waals surface area (Å²) in [6, 6.07) is -6.12. The first-order chi connectivity index (χ1) is 25.1. The van der Waals surface area contributed by atoms with Crippen LogP contribution in [0.15, 0.2) is 25.6 Å². The van der Waals surface area contributed by atoms with Crippen molar-refractivity contribution in [2.45, 2.75) is 137 Å². The average Bonchev–Trinajstić information content (AvgIpc) is 3.14. The second-order valence-corrected chi connectivity index (χ2v) is 11.8. The van der Waals surface area contributed by atoms with Gasteiger partial charge in [-0.3, -0.25) is 0 Å². The molecule has 27 heteroatoms. The minimum absolute atomic E-state index is 0.265. The van der Waals surface area contributed by atoms with Gasteiger partial charge in [-0.2, -0.15) is 0 Å². The van der Waals surface area contributed by atoms with Crippen LogP contribution in [0.5, 0.6) is 0 Å². The van der Waals surface area contributed by atoms with Gasteiger partial charge in [0, 0.05) is 24.6 Å². The van der Waals surface area contributed by atoms with Gasteiger partial charge in [0.25, 0.3) is 0 Å². The lowest BCUT2D eigenvalue weighted by atomic mass is 9.84. The molecule has 2 saturated heterocycles. The predicted molar refractivity (Wildman–Crippen MR) is 170 cm³/mol. The van der Waals surface area contributed by atoms with Gasteiger partial charge in [-0.05, 0) is 46.9 Å². The molecule has 27 nitrogen and oxygen atoms in total. The van der Waals surface area contributed by atoms with Crippen LogP contribution in [-0.2, 0) is 28.4 Å². The van der Waals surface area contributed by atoms with Gasteiger partial charge in [0.1, 0.15) is 61.6 Å². The zero-order valence-corrected chi connectivity index (χ0v) is 27.9. The van der Waals surface area contributed by atoms with Crippen LogP contribution in [0.2, 0.25) is 0 Å². The number of nitrogens with zero attached hydrogens (tertiary/aromatic N) is 15. The Hall–Kier alpha value is -3.93. The molecule has 52 heavy (non-hydrogen) atoms. The number of hydrogen-bond acceptors (Lipinski definition) is 17. The van der Waals surface area contributed by atoms with Crippen molar-refractivity contribution < 1.29 is 59.1 Å². The SMILES string of the molecule is CCC(N=[N+]=[N-])[C@H](CC)O[C@H]1OC(CO)[C@@H](O)[C@H](OCO[C@H]2C(N=[N+]=[N-])[C@H](O[C@H]3C(N=[N+]=[N-])C[C@H](N=[N+]=[N-])C(O)[C@@H]3O)OC(CO)[C@@H]2O)C1N=[N+]=[N-]. The molecular weight excluding hydrogens is 702 g/mol. The Morgan fingerprint density at radius 3 is 1.65 bits per heavy atom. The monoisotopic (exact) mass is 743 g/mol. The van der Waals surface area contributed by atoms with Gasteiger partial charge < -0.3 is 59.1 Å². The van der Waals surface area contributed by atoms with Crippen molar-refractivity contribution in [1.82, 2.24) is 0 Å². The molecule has 1 saturated carbocycles. The Labute approximate surface area is 294 Å². The van der Waals surface area contributed by atoms with Gasteiger partial charge in [0.05, 0.1) is 49.7 Å². The van der Waals surface area contributed by atoms with Crippen LogP contribution >= 0.6 is 0 Å². The van der Waals surface area contributed by atoms with Crippen LogP contribution in [0.25, 0.3) is 52.2 Å². The first-order valence-corrected chi connectivity index (χ1v) is 16.1. The van der Waals surface area contributed by atoms with Crippen molar-refractivity contribution in [1.29, 1.82) is 0 Å². The molecule has 2 aliphatic heterocycles. The normalized spacial score (nSPS) is 38.5. The molecule has 0 aromatic rings. The summed E-state index contributed by atoms with van der Waals surface area (Å²) in [6.45, 7) is 1.11. The molecule has 2 heterocycles. The standard InChI is InChI=1S/C25H41N15O12/c1-3-9(31-36-26)12(4-2)49-24-15(34-39-29)22(18(44)13(6-41)50-24)47-8-48-23-16(35-40-30)25(51-14(7-42)19(23)45)52-21-11(33-38-28)5-10(32-37-27)17(43)20(21)46/h9-25,41-46H,3-8H2,1-2H3/t9?,10-,11?,12-,13?,14?,15?,16?,17?,18+,19-,20-,21-,22+,23-,24-,25-/m0/s1. The maximum atomic E-state index is 11.0. The van der Waals surface area contributed by atoms with E-state index in [0.717, 1.165) is 0 Å². The van der Waals surface area contributed by atoms with Gasteiger partial charge in [0.15, 0.2) is 12.6 Å². The molecule has 3 rings (SSSR count). The summed E-state index contributed by atoms with van der Waals surface area (Å²) in [5.74, 6) is 0. The van der Waals surface area contributed by atoms with Gasteiger partial charge >= 0.3 is 0 Å². The highest BCUT2D eigenvalue weighted by Crippen LogP contribution is 2.34. The Morgan fingerprint density at radius 2 is 1.17 bits per heavy atom. The zero-order chi connectivity index (χ0) is 38.4. The van der Waals surface area contributed by atoms with Gasteiger partial charge in [-0.25, -0.2) is 0 Å². The van der Waals surface area contributed by atoms with Gasteiger partial charge in [0.2, 0.25) is 0 Å². The average molecular weight is 744 g/mol. The van der Waals surface area contributed by atoms with E-state index >= 15 is 0 Å². The van der Waals surface area contributed by atoms with E-state index in [1.807, 2.05) is 0 Å². The summed E-state index contributed by atoms with van der Waals surface area (Å²) in [5, 5.41) is 81.3. The molecular formula is C25H41N15O12. The summed E-state index contributed by atoms with van der Waals surface area (Å²) >= 11 is 0. The van der Waals surface area contributed by atoms with E-state index in [0.29, 0.717) is 12.8 Å². The molecule has 288 valence electrons. The van der Waals surface area contributed by atoms with Crippen molar-refractivity contribution in [2.24, 2.45) is 25.6 Å². The van der Waals surface area contributed by atoms with Crippen molar-refractivity contribution >= 4 is 0 Å². The fraction of sp³-hybridized carbons (Fsp3) is 1.00. The highest BCUT2D eigenvalue weighted by molar-refractivity contribution is 5.03. The smallest absolute Gasteiger partial charge is 0.169 e. The first-order valence-electron chi connectivity index (χ1n) is 16.1. The fourth-order valence-electron chi connectivity index (χ4n) is 6.25. The Morgan fingerprint density at radius 1 is 0.654 bits per heavy atom. The molecule has 1 aliphatic carbocycles. The van der Waals surface area contributed by atoms with Crippen LogP contribution in [0.4, 0.5) is 0 Å². The van der Waals surface area contributed by atoms with E-state index in [1.54, 1.807) is 13.8 Å². The number of aliphatic hydroxyl groups excluding tert-OH is 6. The molecule has 7 unspecified atom stereocenters.